The zero-order chi connectivity index (χ0) is 13.5. The molecule has 0 radical (unpaired) electrons. The highest BCUT2D eigenvalue weighted by molar-refractivity contribution is 4.64. The third kappa shape index (κ3) is 252. The molecule has 0 saturated heterocycles. The summed E-state index contributed by atoms with van der Waals surface area (Å²) in [6, 6.07) is 0. The molecule has 0 aromatic rings. The highest BCUT2D eigenvalue weighted by Crippen LogP contribution is 1.91. The maximum absolute atomic E-state index is 3.60. The summed E-state index contributed by atoms with van der Waals surface area (Å²) in [5.41, 5.74) is 0. The van der Waals surface area contributed by atoms with Gasteiger partial charge in [0.05, 0.1) is 0 Å². The fraction of sp³-hybridized carbons (Fsp3) is 0.867. The maximum atomic E-state index is 3.60. The predicted octanol–water partition coefficient (Wildman–Crippen LogP) is 6.86. The summed E-state index contributed by atoms with van der Waals surface area (Å²) in [4.78, 5) is 0. The van der Waals surface area contributed by atoms with Crippen LogP contribution in [0.2, 0.25) is 0 Å². The Bertz CT molecular complexity index is 37.3. The molecule has 0 aliphatic carbocycles. The zero-order valence-electron chi connectivity index (χ0n) is 13.1. The number of rotatable bonds is 3. The lowest BCUT2D eigenvalue weighted by molar-refractivity contribution is 0.816. The predicted molar refractivity (Wildman–Crippen MR) is 79.7 cm³/mol. The van der Waals surface area contributed by atoms with E-state index in [1.165, 1.54) is 25.7 Å². The first kappa shape index (κ1) is 29.3. The van der Waals surface area contributed by atoms with Gasteiger partial charge in [-0.2, -0.15) is 0 Å². The van der Waals surface area contributed by atoms with E-state index in [2.05, 4.69) is 27.4 Å². The summed E-state index contributed by atoms with van der Waals surface area (Å²) in [6.07, 6.45) is 6.97. The molecule has 15 heavy (non-hydrogen) atoms. The van der Waals surface area contributed by atoms with Crippen molar-refractivity contribution in [2.24, 2.45) is 0 Å². The van der Waals surface area contributed by atoms with Crippen LogP contribution in [0.15, 0.2) is 12.7 Å². The van der Waals surface area contributed by atoms with Crippen LogP contribution in [0.4, 0.5) is 0 Å². The number of unbranched alkanes of at least 4 members (excludes halogenated alkanes) is 2. The lowest BCUT2D eigenvalue weighted by Gasteiger charge is -1.81. The van der Waals surface area contributed by atoms with Gasteiger partial charge in [0.15, 0.2) is 0 Å². The van der Waals surface area contributed by atoms with E-state index in [0.717, 1.165) is 0 Å². The van der Waals surface area contributed by atoms with Crippen molar-refractivity contribution in [3.05, 3.63) is 12.7 Å². The minimum Gasteiger partial charge on any atom is -0.103 e. The topological polar surface area (TPSA) is 0 Å². The van der Waals surface area contributed by atoms with Gasteiger partial charge in [-0.05, 0) is 6.42 Å². The van der Waals surface area contributed by atoms with Crippen LogP contribution in [0.1, 0.15) is 88.0 Å². The first-order valence-corrected chi connectivity index (χ1v) is 6.94. The fourth-order valence-corrected chi connectivity index (χ4v) is 0.348. The van der Waals surface area contributed by atoms with E-state index in [-0.39, 0.29) is 0 Å². The van der Waals surface area contributed by atoms with Crippen molar-refractivity contribution in [3.63, 3.8) is 0 Å². The monoisotopic (exact) mass is 218 g/mol. The Labute approximate surface area is 101 Å². The van der Waals surface area contributed by atoms with Crippen LogP contribution < -0.4 is 0 Å². The lowest BCUT2D eigenvalue weighted by Crippen LogP contribution is -1.61. The smallest absolute Gasteiger partial charge is 0.0354 e. The molecular formula is C15H38. The molecule has 0 unspecified atom stereocenters. The molecule has 0 saturated carbocycles. The second-order valence-electron chi connectivity index (χ2n) is 2.14. The molecular weight excluding hydrogens is 180 g/mol. The van der Waals surface area contributed by atoms with E-state index >= 15 is 0 Å². The van der Waals surface area contributed by atoms with Crippen molar-refractivity contribution in [3.8, 4) is 0 Å². The van der Waals surface area contributed by atoms with Gasteiger partial charge in [-0.1, -0.05) is 87.7 Å². The molecule has 0 amide bonds. The van der Waals surface area contributed by atoms with E-state index in [0.29, 0.717) is 0 Å². The highest BCUT2D eigenvalue weighted by atomic mass is 13.8. The van der Waals surface area contributed by atoms with Crippen LogP contribution in [0.3, 0.4) is 0 Å². The van der Waals surface area contributed by atoms with Gasteiger partial charge in [0.1, 0.15) is 0 Å². The Balaban J connectivity index is -0.0000000318. The minimum atomic E-state index is 1.18. The molecule has 0 aromatic heterocycles. The van der Waals surface area contributed by atoms with Crippen molar-refractivity contribution in [2.45, 2.75) is 88.0 Å². The highest BCUT2D eigenvalue weighted by Gasteiger charge is 1.71. The molecule has 0 spiro atoms. The Hall–Kier alpha value is -0.260. The molecule has 0 aromatic carbocycles. The molecule has 0 aliphatic heterocycles. The average molecular weight is 218 g/mol. The van der Waals surface area contributed by atoms with Crippen LogP contribution >= 0.6 is 0 Å². The molecule has 0 nitrogen and oxygen atoms in total. The van der Waals surface area contributed by atoms with Gasteiger partial charge in [0.25, 0.3) is 0 Å². The molecule has 98 valence electrons. The molecule has 0 aliphatic rings. The third-order valence-corrected chi connectivity index (χ3v) is 0.762. The number of hydrogen-bond donors (Lipinski definition) is 0. The standard InChI is InChI=1S/C6H12.C3H8.3C2H6/c1-3-5-6-4-2;1-3-2;3*1-2/h3H,1,4-6H2,2H3;3H2,1-2H3;3*1-2H3. The summed E-state index contributed by atoms with van der Waals surface area (Å²) in [5.74, 6) is 0. The van der Waals surface area contributed by atoms with Gasteiger partial charge in [0.2, 0.25) is 0 Å². The number of allylic oxidation sites excluding steroid dienone is 1. The first-order valence-electron chi connectivity index (χ1n) is 6.94. The molecule has 0 fully saturated rings. The van der Waals surface area contributed by atoms with Gasteiger partial charge >= 0.3 is 0 Å². The van der Waals surface area contributed by atoms with Crippen molar-refractivity contribution in [1.29, 1.82) is 0 Å². The van der Waals surface area contributed by atoms with Gasteiger partial charge in [0, 0.05) is 0 Å². The number of hydrogen-bond acceptors (Lipinski definition) is 0. The molecule has 0 rings (SSSR count). The Morgan fingerprint density at radius 2 is 1.07 bits per heavy atom. The summed E-state index contributed by atoms with van der Waals surface area (Å²) in [6.45, 7) is 22.0. The van der Waals surface area contributed by atoms with Crippen LogP contribution in [0, 0.1) is 0 Å². The van der Waals surface area contributed by atoms with Crippen LogP contribution in [-0.4, -0.2) is 0 Å². The summed E-state index contributed by atoms with van der Waals surface area (Å²) >= 11 is 0. The van der Waals surface area contributed by atoms with Crippen molar-refractivity contribution in [1.82, 2.24) is 0 Å². The zero-order valence-corrected chi connectivity index (χ0v) is 13.1. The van der Waals surface area contributed by atoms with E-state index < -0.39 is 0 Å². The second-order valence-corrected chi connectivity index (χ2v) is 2.14. The third-order valence-electron chi connectivity index (χ3n) is 0.762. The van der Waals surface area contributed by atoms with E-state index in [4.69, 9.17) is 0 Å². The van der Waals surface area contributed by atoms with E-state index in [1.54, 1.807) is 0 Å². The molecule has 0 heteroatoms. The van der Waals surface area contributed by atoms with Crippen LogP contribution in [0.5, 0.6) is 0 Å². The Morgan fingerprint density at radius 1 is 0.800 bits per heavy atom. The van der Waals surface area contributed by atoms with Gasteiger partial charge in [-0.25, -0.2) is 0 Å². The largest absolute Gasteiger partial charge is 0.103 e. The SMILES string of the molecule is C=CCCCC.CC.CC.CC.CCC. The second kappa shape index (κ2) is 99.3. The summed E-state index contributed by atoms with van der Waals surface area (Å²) in [7, 11) is 0. The van der Waals surface area contributed by atoms with Crippen LogP contribution in [0.25, 0.3) is 0 Å². The van der Waals surface area contributed by atoms with Crippen molar-refractivity contribution < 1.29 is 0 Å². The Morgan fingerprint density at radius 3 is 1.13 bits per heavy atom. The molecule has 0 atom stereocenters. The van der Waals surface area contributed by atoms with Gasteiger partial charge in [-0.3, -0.25) is 0 Å². The summed E-state index contributed by atoms with van der Waals surface area (Å²) < 4.78 is 0. The molecule has 0 bridgehead atoms. The quantitative estimate of drug-likeness (QED) is 0.358. The average Bonchev–Trinajstić information content (AvgIpc) is 2.35. The van der Waals surface area contributed by atoms with Gasteiger partial charge in [-0.15, -0.1) is 6.58 Å². The van der Waals surface area contributed by atoms with Crippen molar-refractivity contribution in [2.75, 3.05) is 0 Å². The molecule has 0 N–H and O–H groups in total. The van der Waals surface area contributed by atoms with Crippen LogP contribution in [-0.2, 0) is 0 Å². The minimum absolute atomic E-state index is 1.18. The Kier molecular flexibility index (Phi) is 194. The fourth-order valence-electron chi connectivity index (χ4n) is 0.348. The van der Waals surface area contributed by atoms with Crippen molar-refractivity contribution >= 4 is 0 Å². The van der Waals surface area contributed by atoms with E-state index in [1.807, 2.05) is 47.6 Å². The first-order chi connectivity index (χ1) is 7.33. The summed E-state index contributed by atoms with van der Waals surface area (Å²) in [5, 5.41) is 0. The lowest BCUT2D eigenvalue weighted by atomic mass is 10.3. The molecule has 0 heterocycles. The van der Waals surface area contributed by atoms with E-state index in [9.17, 15) is 0 Å². The van der Waals surface area contributed by atoms with Gasteiger partial charge < -0.3 is 0 Å². The normalized spacial score (nSPS) is 5.67. The maximum Gasteiger partial charge on any atom is -0.0354 e.